The summed E-state index contributed by atoms with van der Waals surface area (Å²) in [5.41, 5.74) is 2.83. The van der Waals surface area contributed by atoms with Gasteiger partial charge in [-0.15, -0.1) is 11.8 Å². The number of rotatable bonds is 6. The van der Waals surface area contributed by atoms with E-state index >= 15 is 0 Å². The molecule has 1 saturated heterocycles. The zero-order valence-corrected chi connectivity index (χ0v) is 16.9. The second-order valence-corrected chi connectivity index (χ2v) is 8.54. The van der Waals surface area contributed by atoms with Gasteiger partial charge in [0.1, 0.15) is 5.75 Å². The molecule has 2 heterocycles. The number of phenolic OH excluding ortho intramolecular Hbond substituents is 1. The van der Waals surface area contributed by atoms with E-state index in [1.807, 2.05) is 23.9 Å². The van der Waals surface area contributed by atoms with Crippen LogP contribution in [0.3, 0.4) is 0 Å². The van der Waals surface area contributed by atoms with Gasteiger partial charge < -0.3 is 20.4 Å². The van der Waals surface area contributed by atoms with Crippen LogP contribution in [0.1, 0.15) is 57.9 Å². The van der Waals surface area contributed by atoms with Gasteiger partial charge in [-0.1, -0.05) is 39.5 Å². The van der Waals surface area contributed by atoms with Crippen LogP contribution in [0.2, 0.25) is 0 Å². The van der Waals surface area contributed by atoms with Crippen molar-refractivity contribution in [2.75, 3.05) is 24.2 Å². The van der Waals surface area contributed by atoms with E-state index in [1.54, 1.807) is 6.07 Å². The molecule has 0 bridgehead atoms. The highest BCUT2D eigenvalue weighted by Gasteiger charge is 2.49. The number of benzene rings is 1. The third-order valence-corrected chi connectivity index (χ3v) is 6.92. The van der Waals surface area contributed by atoms with Crippen LogP contribution in [-0.2, 0) is 5.41 Å². The lowest BCUT2D eigenvalue weighted by molar-refractivity contribution is 0.194. The fraction of sp³-hybridized carbons (Fsp3) is 0.650. The minimum Gasteiger partial charge on any atom is -0.508 e. The Kier molecular flexibility index (Phi) is 7.50. The lowest BCUT2D eigenvalue weighted by Gasteiger charge is -2.27. The number of amides is 1. The highest BCUT2D eigenvalue weighted by Crippen LogP contribution is 2.55. The number of nitrogens with zero attached hydrogens (tertiary/aromatic N) is 1. The average molecular weight is 381 g/mol. The molecule has 2 unspecified atom stereocenters. The molecule has 0 saturated carbocycles. The highest BCUT2D eigenvalue weighted by molar-refractivity contribution is 8.00. The Bertz CT molecular complexity index is 611. The summed E-state index contributed by atoms with van der Waals surface area (Å²) < 4.78 is 0. The average Bonchev–Trinajstić information content (AvgIpc) is 3.08. The number of carbonyl (C=O) groups is 1. The predicted octanol–water partition coefficient (Wildman–Crippen LogP) is 4.79. The fourth-order valence-corrected chi connectivity index (χ4v) is 5.55. The maximum absolute atomic E-state index is 9.98. The van der Waals surface area contributed by atoms with Gasteiger partial charge >= 0.3 is 6.09 Å². The third-order valence-electron chi connectivity index (χ3n) is 5.33. The van der Waals surface area contributed by atoms with Gasteiger partial charge in [0.25, 0.3) is 0 Å². The van der Waals surface area contributed by atoms with Crippen molar-refractivity contribution in [1.82, 2.24) is 5.32 Å². The molecule has 2 atom stereocenters. The molecule has 1 fully saturated rings. The highest BCUT2D eigenvalue weighted by atomic mass is 32.2. The third kappa shape index (κ3) is 4.78. The lowest BCUT2D eigenvalue weighted by atomic mass is 9.82. The van der Waals surface area contributed by atoms with Crippen LogP contribution < -0.4 is 10.2 Å². The van der Waals surface area contributed by atoms with Gasteiger partial charge in [-0.25, -0.2) is 4.79 Å². The first-order valence-electron chi connectivity index (χ1n) is 9.55. The van der Waals surface area contributed by atoms with Crippen LogP contribution in [0.25, 0.3) is 0 Å². The fourth-order valence-electron chi connectivity index (χ4n) is 3.84. The van der Waals surface area contributed by atoms with E-state index in [2.05, 4.69) is 31.1 Å². The van der Waals surface area contributed by atoms with Crippen molar-refractivity contribution in [3.63, 3.8) is 0 Å². The summed E-state index contributed by atoms with van der Waals surface area (Å²) >= 11 is 2.03. The van der Waals surface area contributed by atoms with Gasteiger partial charge in [-0.05, 0) is 42.4 Å². The van der Waals surface area contributed by atoms with Gasteiger partial charge in [0.15, 0.2) is 0 Å². The summed E-state index contributed by atoms with van der Waals surface area (Å²) in [4.78, 5) is 12.3. The van der Waals surface area contributed by atoms with Gasteiger partial charge in [0.05, 0.1) is 5.37 Å². The number of unbranched alkanes of at least 4 members (excludes halogenated alkanes) is 4. The first-order chi connectivity index (χ1) is 12.4. The number of phenols is 1. The summed E-state index contributed by atoms with van der Waals surface area (Å²) in [5.74, 6) is 1.61. The van der Waals surface area contributed by atoms with Crippen molar-refractivity contribution in [1.29, 1.82) is 0 Å². The van der Waals surface area contributed by atoms with Crippen LogP contribution in [0.5, 0.6) is 5.75 Å². The van der Waals surface area contributed by atoms with E-state index in [0.717, 1.165) is 12.8 Å². The molecule has 0 radical (unpaired) electrons. The first kappa shape index (κ1) is 20.7. The van der Waals surface area contributed by atoms with E-state index in [4.69, 9.17) is 5.11 Å². The number of hydrogen-bond acceptors (Lipinski definition) is 4. The van der Waals surface area contributed by atoms with Crippen LogP contribution >= 0.6 is 11.8 Å². The van der Waals surface area contributed by atoms with E-state index in [-0.39, 0.29) is 5.41 Å². The molecule has 2 aliphatic heterocycles. The molecule has 0 aliphatic carbocycles. The Morgan fingerprint density at radius 2 is 2.08 bits per heavy atom. The minimum absolute atomic E-state index is 0.230. The maximum atomic E-state index is 9.98. The molecule has 146 valence electrons. The van der Waals surface area contributed by atoms with Crippen LogP contribution in [-0.4, -0.2) is 41.0 Å². The van der Waals surface area contributed by atoms with Gasteiger partial charge in [0, 0.05) is 24.7 Å². The number of likely N-dealkylation sites (N-methyl/N-ethyl adjacent to an activating group) is 1. The van der Waals surface area contributed by atoms with Crippen LogP contribution in [0.4, 0.5) is 10.5 Å². The molecule has 3 N–H and O–H groups in total. The zero-order chi connectivity index (χ0) is 19.2. The van der Waals surface area contributed by atoms with Crippen molar-refractivity contribution in [2.45, 2.75) is 63.2 Å². The Balaban J connectivity index is 0.000000199. The number of aromatic hydroxyl groups is 1. The standard InChI is InChI=1S/C12H15NOS.C8H17NO2/c1-12-5-6-15-11(12)13(2)10-4-3-8(14)7-9(10)12;1-2-3-4-5-6-7-9-8(10)11/h3-4,7,11,14H,5-6H2,1-2H3;9H,2-7H2,1H3,(H,10,11). The molecule has 1 aromatic carbocycles. The quantitative estimate of drug-likeness (QED) is 0.619. The number of nitrogens with one attached hydrogen (secondary N) is 1. The Labute approximate surface area is 161 Å². The molecule has 6 heteroatoms. The van der Waals surface area contributed by atoms with E-state index < -0.39 is 6.09 Å². The molecule has 5 nitrogen and oxygen atoms in total. The minimum atomic E-state index is -0.916. The second-order valence-electron chi connectivity index (χ2n) is 7.35. The van der Waals surface area contributed by atoms with Crippen LogP contribution in [0, 0.1) is 0 Å². The second kappa shape index (κ2) is 9.40. The van der Waals surface area contributed by atoms with Crippen molar-refractivity contribution < 1.29 is 15.0 Å². The predicted molar refractivity (Wildman–Crippen MR) is 110 cm³/mol. The largest absolute Gasteiger partial charge is 0.508 e. The summed E-state index contributed by atoms with van der Waals surface area (Å²) in [6.45, 7) is 5.08. The number of thioether (sulfide) groups is 1. The number of carboxylic acid groups (broad SMARTS) is 1. The monoisotopic (exact) mass is 380 g/mol. The molecule has 1 amide bonds. The Morgan fingerprint density at radius 1 is 1.35 bits per heavy atom. The molecule has 0 aromatic heterocycles. The van der Waals surface area contributed by atoms with E-state index in [1.165, 1.54) is 42.7 Å². The van der Waals surface area contributed by atoms with Crippen molar-refractivity contribution in [2.24, 2.45) is 0 Å². The van der Waals surface area contributed by atoms with Crippen molar-refractivity contribution in [3.8, 4) is 5.75 Å². The molecule has 2 aliphatic rings. The van der Waals surface area contributed by atoms with Crippen molar-refractivity contribution in [3.05, 3.63) is 23.8 Å². The van der Waals surface area contributed by atoms with Gasteiger partial charge in [-0.3, -0.25) is 0 Å². The maximum Gasteiger partial charge on any atom is 0.404 e. The molecule has 0 spiro atoms. The summed E-state index contributed by atoms with van der Waals surface area (Å²) in [6, 6.07) is 5.76. The van der Waals surface area contributed by atoms with E-state index in [9.17, 15) is 9.90 Å². The summed E-state index contributed by atoms with van der Waals surface area (Å²) in [5, 5.41) is 20.7. The Morgan fingerprint density at radius 3 is 2.77 bits per heavy atom. The van der Waals surface area contributed by atoms with Gasteiger partial charge in [0.2, 0.25) is 0 Å². The number of anilines is 1. The first-order valence-corrected chi connectivity index (χ1v) is 10.6. The Hall–Kier alpha value is -1.56. The molecule has 26 heavy (non-hydrogen) atoms. The molecule has 3 rings (SSSR count). The van der Waals surface area contributed by atoms with E-state index in [0.29, 0.717) is 17.7 Å². The normalized spacial score (nSPS) is 23.0. The van der Waals surface area contributed by atoms with Crippen molar-refractivity contribution >= 4 is 23.5 Å². The lowest BCUT2D eigenvalue weighted by Crippen LogP contribution is -2.34. The smallest absolute Gasteiger partial charge is 0.404 e. The number of fused-ring (bicyclic) bond motifs is 3. The SMILES string of the molecule is CCCCCCCNC(=O)O.CN1c2ccc(O)cc2C2(C)CCSC12. The summed E-state index contributed by atoms with van der Waals surface area (Å²) in [6.07, 6.45) is 6.10. The molecular weight excluding hydrogens is 348 g/mol. The zero-order valence-electron chi connectivity index (χ0n) is 16.1. The molecule has 1 aromatic rings. The van der Waals surface area contributed by atoms with Crippen LogP contribution in [0.15, 0.2) is 18.2 Å². The van der Waals surface area contributed by atoms with Gasteiger partial charge in [-0.2, -0.15) is 0 Å². The molecular formula is C20H32N2O3S. The number of hydrogen-bond donors (Lipinski definition) is 3. The summed E-state index contributed by atoms with van der Waals surface area (Å²) in [7, 11) is 2.16. The topological polar surface area (TPSA) is 72.8 Å².